The smallest absolute Gasteiger partial charge is 0.241 e. The Kier molecular flexibility index (Phi) is 5.79. The normalized spacial score (nSPS) is 13.9. The molecule has 0 saturated carbocycles. The topological polar surface area (TPSA) is 76.4 Å². The third-order valence-electron chi connectivity index (χ3n) is 4.08. The fourth-order valence-electron chi connectivity index (χ4n) is 2.62. The van der Waals surface area contributed by atoms with Gasteiger partial charge in [-0.25, -0.2) is 13.1 Å². The van der Waals surface area contributed by atoms with Gasteiger partial charge in [-0.2, -0.15) is 0 Å². The molecule has 0 aliphatic rings. The number of Topliss-reactive ketones (excluding diaryl/α,β-unsaturated/α-hetero) is 1. The van der Waals surface area contributed by atoms with Crippen LogP contribution in [-0.4, -0.2) is 19.6 Å². The Morgan fingerprint density at radius 3 is 2.26 bits per heavy atom. The molecule has 0 amide bonds. The maximum absolute atomic E-state index is 12.8. The number of furan rings is 1. The number of carbonyl (C=O) groups excluding carboxylic acids is 1. The van der Waals surface area contributed by atoms with Gasteiger partial charge in [0.1, 0.15) is 5.38 Å². The van der Waals surface area contributed by atoms with Gasteiger partial charge in [0.25, 0.3) is 0 Å². The van der Waals surface area contributed by atoms with E-state index < -0.39 is 27.2 Å². The van der Waals surface area contributed by atoms with Gasteiger partial charge in [-0.05, 0) is 36.8 Å². The van der Waals surface area contributed by atoms with E-state index in [0.717, 1.165) is 5.56 Å². The van der Waals surface area contributed by atoms with Crippen LogP contribution in [-0.2, 0) is 10.0 Å². The number of alkyl halides is 1. The quantitative estimate of drug-likeness (QED) is 0.476. The van der Waals surface area contributed by atoms with Crippen LogP contribution >= 0.6 is 11.6 Å². The summed E-state index contributed by atoms with van der Waals surface area (Å²) >= 11 is 6.41. The molecule has 0 radical (unpaired) electrons. The first kappa shape index (κ1) is 19.4. The lowest BCUT2D eigenvalue weighted by Crippen LogP contribution is -2.37. The highest BCUT2D eigenvalue weighted by Gasteiger charge is 2.33. The average Bonchev–Trinajstić information content (AvgIpc) is 3.21. The predicted molar refractivity (Wildman–Crippen MR) is 103 cm³/mol. The van der Waals surface area contributed by atoms with E-state index in [9.17, 15) is 13.2 Å². The standard InChI is InChI=1S/C20H18ClNO4S/c1-14-9-11-16(12-10-14)27(24,25)22-19(15-6-3-2-4-7-15)18(21)20(23)17-8-5-13-26-17/h2-13,18-19,22H,1H3/t18-,19-/m1/s1. The summed E-state index contributed by atoms with van der Waals surface area (Å²) in [6.45, 7) is 1.87. The van der Waals surface area contributed by atoms with Crippen LogP contribution in [0, 0.1) is 6.92 Å². The lowest BCUT2D eigenvalue weighted by Gasteiger charge is -2.22. The van der Waals surface area contributed by atoms with Crippen LogP contribution < -0.4 is 4.72 Å². The van der Waals surface area contributed by atoms with Crippen molar-refractivity contribution in [2.45, 2.75) is 23.2 Å². The molecule has 2 atom stereocenters. The van der Waals surface area contributed by atoms with Crippen molar-refractivity contribution in [1.82, 2.24) is 4.72 Å². The van der Waals surface area contributed by atoms with Crippen LogP contribution in [0.2, 0.25) is 0 Å². The van der Waals surface area contributed by atoms with Gasteiger partial charge in [0, 0.05) is 0 Å². The monoisotopic (exact) mass is 403 g/mol. The number of sulfonamides is 1. The number of benzene rings is 2. The van der Waals surface area contributed by atoms with Gasteiger partial charge in [-0.15, -0.1) is 11.6 Å². The molecule has 1 heterocycles. The van der Waals surface area contributed by atoms with Crippen molar-refractivity contribution in [2.75, 3.05) is 0 Å². The molecule has 5 nitrogen and oxygen atoms in total. The molecule has 0 bridgehead atoms. The average molecular weight is 404 g/mol. The van der Waals surface area contributed by atoms with Crippen LogP contribution in [0.4, 0.5) is 0 Å². The lowest BCUT2D eigenvalue weighted by atomic mass is 10.0. The summed E-state index contributed by atoms with van der Waals surface area (Å²) in [6.07, 6.45) is 1.37. The summed E-state index contributed by atoms with van der Waals surface area (Å²) < 4.78 is 33.4. The SMILES string of the molecule is Cc1ccc(S(=O)(=O)N[C@H](c2ccccc2)[C@@H](Cl)C(=O)c2ccco2)cc1. The van der Waals surface area contributed by atoms with E-state index in [4.69, 9.17) is 16.0 Å². The summed E-state index contributed by atoms with van der Waals surface area (Å²) in [5, 5.41) is -1.18. The molecule has 0 aliphatic heterocycles. The molecule has 0 unspecified atom stereocenters. The first-order chi connectivity index (χ1) is 12.9. The van der Waals surface area contributed by atoms with Crippen molar-refractivity contribution in [3.63, 3.8) is 0 Å². The number of rotatable bonds is 7. The third kappa shape index (κ3) is 4.47. The van der Waals surface area contributed by atoms with Gasteiger partial charge in [0.05, 0.1) is 17.2 Å². The van der Waals surface area contributed by atoms with Crippen molar-refractivity contribution in [3.8, 4) is 0 Å². The molecule has 3 aromatic rings. The zero-order valence-electron chi connectivity index (χ0n) is 14.5. The zero-order chi connectivity index (χ0) is 19.4. The first-order valence-corrected chi connectivity index (χ1v) is 10.2. The van der Waals surface area contributed by atoms with Gasteiger partial charge in [0.2, 0.25) is 15.8 Å². The fourth-order valence-corrected chi connectivity index (χ4v) is 4.24. The second-order valence-electron chi connectivity index (χ2n) is 6.07. The van der Waals surface area contributed by atoms with Crippen molar-refractivity contribution < 1.29 is 17.6 Å². The molecule has 3 rings (SSSR count). The molecule has 140 valence electrons. The Hall–Kier alpha value is -2.41. The molecule has 0 spiro atoms. The van der Waals surface area contributed by atoms with E-state index in [1.54, 1.807) is 48.5 Å². The summed E-state index contributed by atoms with van der Waals surface area (Å²) in [5.74, 6) is -0.424. The third-order valence-corrected chi connectivity index (χ3v) is 5.99. The molecule has 2 aromatic carbocycles. The minimum Gasteiger partial charge on any atom is -0.461 e. The summed E-state index contributed by atoms with van der Waals surface area (Å²) in [7, 11) is -3.89. The minimum absolute atomic E-state index is 0.0745. The summed E-state index contributed by atoms with van der Waals surface area (Å²) in [4.78, 5) is 12.7. The van der Waals surface area contributed by atoms with Crippen molar-refractivity contribution in [3.05, 3.63) is 89.9 Å². The van der Waals surface area contributed by atoms with Crippen LogP contribution in [0.3, 0.4) is 0 Å². The maximum Gasteiger partial charge on any atom is 0.241 e. The fraction of sp³-hybridized carbons (Fsp3) is 0.150. The molecular formula is C20H18ClNO4S. The Labute approximate surface area is 163 Å². The molecule has 1 aromatic heterocycles. The molecule has 0 saturated heterocycles. The van der Waals surface area contributed by atoms with E-state index in [0.29, 0.717) is 5.56 Å². The lowest BCUT2D eigenvalue weighted by molar-refractivity contribution is 0.0950. The Bertz CT molecular complexity index is 1000. The van der Waals surface area contributed by atoms with E-state index >= 15 is 0 Å². The maximum atomic E-state index is 12.8. The first-order valence-electron chi connectivity index (χ1n) is 8.24. The number of carbonyl (C=O) groups is 1. The summed E-state index contributed by atoms with van der Waals surface area (Å²) in [5.41, 5.74) is 1.52. The molecule has 27 heavy (non-hydrogen) atoms. The van der Waals surface area contributed by atoms with Crippen LogP contribution in [0.15, 0.2) is 82.3 Å². The zero-order valence-corrected chi connectivity index (χ0v) is 16.1. The molecule has 0 aliphatic carbocycles. The Morgan fingerprint density at radius 1 is 1.00 bits per heavy atom. The van der Waals surface area contributed by atoms with E-state index in [-0.39, 0.29) is 10.7 Å². The van der Waals surface area contributed by atoms with Crippen LogP contribution in [0.5, 0.6) is 0 Å². The van der Waals surface area contributed by atoms with E-state index in [2.05, 4.69) is 4.72 Å². The van der Waals surface area contributed by atoms with Gasteiger partial charge >= 0.3 is 0 Å². The predicted octanol–water partition coefficient (Wildman–Crippen LogP) is 4.10. The molecule has 0 fully saturated rings. The second kappa shape index (κ2) is 8.08. The highest BCUT2D eigenvalue weighted by molar-refractivity contribution is 7.89. The van der Waals surface area contributed by atoms with Gasteiger partial charge < -0.3 is 4.42 Å². The number of halogens is 1. The molecular weight excluding hydrogens is 386 g/mol. The van der Waals surface area contributed by atoms with Crippen molar-refractivity contribution in [1.29, 1.82) is 0 Å². The highest BCUT2D eigenvalue weighted by Crippen LogP contribution is 2.27. The van der Waals surface area contributed by atoms with Crippen LogP contribution in [0.25, 0.3) is 0 Å². The number of aryl methyl sites for hydroxylation is 1. The Balaban J connectivity index is 1.95. The van der Waals surface area contributed by atoms with E-state index in [1.165, 1.54) is 24.5 Å². The number of hydrogen-bond acceptors (Lipinski definition) is 4. The van der Waals surface area contributed by atoms with Crippen LogP contribution in [0.1, 0.15) is 27.7 Å². The largest absolute Gasteiger partial charge is 0.461 e. The Morgan fingerprint density at radius 2 is 1.67 bits per heavy atom. The number of hydrogen-bond donors (Lipinski definition) is 1. The van der Waals surface area contributed by atoms with Crippen molar-refractivity contribution >= 4 is 27.4 Å². The second-order valence-corrected chi connectivity index (χ2v) is 8.25. The van der Waals surface area contributed by atoms with Gasteiger partial charge in [0.15, 0.2) is 5.76 Å². The molecule has 7 heteroatoms. The van der Waals surface area contributed by atoms with E-state index in [1.807, 2.05) is 6.92 Å². The molecule has 1 N–H and O–H groups in total. The number of ketones is 1. The number of nitrogens with one attached hydrogen (secondary N) is 1. The van der Waals surface area contributed by atoms with Crippen molar-refractivity contribution in [2.24, 2.45) is 0 Å². The van der Waals surface area contributed by atoms with Gasteiger partial charge in [-0.1, -0.05) is 48.0 Å². The highest BCUT2D eigenvalue weighted by atomic mass is 35.5. The van der Waals surface area contributed by atoms with Gasteiger partial charge in [-0.3, -0.25) is 4.79 Å². The summed E-state index contributed by atoms with van der Waals surface area (Å²) in [6, 6.07) is 17.3. The minimum atomic E-state index is -3.89.